The highest BCUT2D eigenvalue weighted by Gasteiger charge is 2.34. The lowest BCUT2D eigenvalue weighted by Gasteiger charge is -2.41. The van der Waals surface area contributed by atoms with Gasteiger partial charge in [0.05, 0.1) is 0 Å². The first-order valence-electron chi connectivity index (χ1n) is 6.39. The third kappa shape index (κ3) is 3.33. The molecule has 0 aromatic rings. The Bertz CT molecular complexity index is 145. The van der Waals surface area contributed by atoms with E-state index in [2.05, 4.69) is 49.4 Å². The molecule has 0 fully saturated rings. The molecule has 0 rings (SSSR count). The first-order valence-corrected chi connectivity index (χ1v) is 6.39. The van der Waals surface area contributed by atoms with Crippen LogP contribution >= 0.6 is 0 Å². The first kappa shape index (κ1) is 14.1. The van der Waals surface area contributed by atoms with Crippen LogP contribution in [0.3, 0.4) is 0 Å². The number of hydrogen-bond acceptors (Lipinski definition) is 0. The van der Waals surface area contributed by atoms with E-state index < -0.39 is 0 Å². The molecule has 0 spiro atoms. The molecule has 0 aliphatic heterocycles. The molecule has 0 aromatic heterocycles. The average molecular weight is 196 g/mol. The van der Waals surface area contributed by atoms with Gasteiger partial charge >= 0.3 is 0 Å². The molecule has 0 heterocycles. The van der Waals surface area contributed by atoms with E-state index in [1.54, 1.807) is 0 Å². The average Bonchev–Trinajstić information content (AvgIpc) is 2.12. The summed E-state index contributed by atoms with van der Waals surface area (Å²) in [6.45, 7) is 14.3. The fourth-order valence-electron chi connectivity index (χ4n) is 2.89. The summed E-state index contributed by atoms with van der Waals surface area (Å²) >= 11 is 0. The summed E-state index contributed by atoms with van der Waals surface area (Å²) in [6, 6.07) is 0. The normalized spacial score (nSPS) is 17.1. The minimum Gasteiger partial charge on any atom is -0.0695 e. The molecule has 0 saturated heterocycles. The Kier molecular flexibility index (Phi) is 5.85. The molecule has 14 heavy (non-hydrogen) atoms. The van der Waals surface area contributed by atoms with Gasteiger partial charge in [-0.15, -0.1) is 0 Å². The van der Waals surface area contributed by atoms with Crippen LogP contribution in [0.25, 0.3) is 0 Å². The molecule has 2 atom stereocenters. The van der Waals surface area contributed by atoms with E-state index in [1.807, 2.05) is 0 Å². The summed E-state index contributed by atoms with van der Waals surface area (Å²) in [4.78, 5) is 0. The Hall–Kier alpha value is 0.0649. The highest BCUT2D eigenvalue weighted by Crippen LogP contribution is 2.45. The minimum absolute atomic E-state index is 0.586. The molecule has 0 aliphatic carbocycles. The first-order chi connectivity index (χ1) is 6.39. The van der Waals surface area contributed by atoms with Gasteiger partial charge in [-0.3, -0.25) is 0 Å². The van der Waals surface area contributed by atoms with Crippen LogP contribution in [0, 0.1) is 17.3 Å². The molecule has 0 N–H and O–H groups in total. The van der Waals surface area contributed by atoms with Crippen molar-refractivity contribution in [3.63, 3.8) is 0 Å². The van der Waals surface area contributed by atoms with Crippen molar-refractivity contribution in [3.05, 3.63) is 0 Å². The lowest BCUT2D eigenvalue weighted by Crippen LogP contribution is -2.31. The molecular weight excluding hydrogens is 167 g/mol. The molecule has 0 nitrogen and oxygen atoms in total. The van der Waals surface area contributed by atoms with Gasteiger partial charge in [-0.2, -0.15) is 0 Å². The monoisotopic (exact) mass is 196 g/mol. The van der Waals surface area contributed by atoms with Crippen molar-refractivity contribution in [1.82, 2.24) is 0 Å². The second-order valence-electron chi connectivity index (χ2n) is 5.70. The van der Waals surface area contributed by atoms with Crippen molar-refractivity contribution >= 4 is 7.85 Å². The molecular formula is C13H29B. The van der Waals surface area contributed by atoms with E-state index in [0.29, 0.717) is 5.41 Å². The van der Waals surface area contributed by atoms with Crippen LogP contribution < -0.4 is 0 Å². The van der Waals surface area contributed by atoms with Crippen molar-refractivity contribution in [2.45, 2.75) is 66.6 Å². The highest BCUT2D eigenvalue weighted by molar-refractivity contribution is 6.11. The van der Waals surface area contributed by atoms with Gasteiger partial charge in [-0.1, -0.05) is 60.2 Å². The van der Waals surface area contributed by atoms with Crippen LogP contribution in [-0.4, -0.2) is 7.85 Å². The lowest BCUT2D eigenvalue weighted by molar-refractivity contribution is 0.117. The molecule has 0 aliphatic rings. The van der Waals surface area contributed by atoms with Crippen molar-refractivity contribution in [2.24, 2.45) is 17.3 Å². The predicted octanol–water partition coefficient (Wildman–Crippen LogP) is 3.92. The quantitative estimate of drug-likeness (QED) is 0.565. The summed E-state index contributed by atoms with van der Waals surface area (Å²) in [5.41, 5.74) is 0.586. The second kappa shape index (κ2) is 5.83. The van der Waals surface area contributed by atoms with Crippen LogP contribution in [0.15, 0.2) is 0 Å². The minimum atomic E-state index is 0.586. The molecule has 2 unspecified atom stereocenters. The lowest BCUT2D eigenvalue weighted by atomic mass is 9.59. The van der Waals surface area contributed by atoms with Gasteiger partial charge in [-0.25, -0.2) is 0 Å². The Morgan fingerprint density at radius 3 is 1.64 bits per heavy atom. The molecule has 0 amide bonds. The fraction of sp³-hybridized carbons (Fsp3) is 1.00. The van der Waals surface area contributed by atoms with Crippen LogP contribution in [0.1, 0.15) is 60.8 Å². The fourth-order valence-corrected chi connectivity index (χ4v) is 2.89. The summed E-state index contributed by atoms with van der Waals surface area (Å²) < 4.78 is 0. The van der Waals surface area contributed by atoms with Gasteiger partial charge in [0.1, 0.15) is 7.85 Å². The maximum atomic E-state index is 2.44. The zero-order chi connectivity index (χ0) is 11.4. The molecule has 84 valence electrons. The highest BCUT2D eigenvalue weighted by atomic mass is 14.4. The Labute approximate surface area is 92.3 Å². The molecule has 0 saturated carbocycles. The van der Waals surface area contributed by atoms with Crippen LogP contribution in [0.4, 0.5) is 0 Å². The second-order valence-corrected chi connectivity index (χ2v) is 5.70. The van der Waals surface area contributed by atoms with Gasteiger partial charge in [0, 0.05) is 0 Å². The zero-order valence-corrected chi connectivity index (χ0v) is 11.4. The van der Waals surface area contributed by atoms with Gasteiger partial charge in [0.15, 0.2) is 0 Å². The summed E-state index contributed by atoms with van der Waals surface area (Å²) in [5, 5.41) is 0. The maximum absolute atomic E-state index is 2.44. The summed E-state index contributed by atoms with van der Waals surface area (Å²) in [6.07, 6.45) is 4.06. The number of hydrogen-bond donors (Lipinski definition) is 0. The predicted molar refractivity (Wildman–Crippen MR) is 69.6 cm³/mol. The van der Waals surface area contributed by atoms with E-state index in [4.69, 9.17) is 0 Å². The van der Waals surface area contributed by atoms with E-state index in [1.165, 1.54) is 19.3 Å². The Balaban J connectivity index is 4.67. The molecule has 0 radical (unpaired) electrons. The van der Waals surface area contributed by atoms with E-state index in [-0.39, 0.29) is 0 Å². The van der Waals surface area contributed by atoms with Crippen molar-refractivity contribution in [2.75, 3.05) is 0 Å². The van der Waals surface area contributed by atoms with Gasteiger partial charge in [-0.05, 0) is 23.7 Å². The topological polar surface area (TPSA) is 0 Å². The van der Waals surface area contributed by atoms with Crippen molar-refractivity contribution in [3.8, 4) is 0 Å². The van der Waals surface area contributed by atoms with E-state index >= 15 is 0 Å². The van der Waals surface area contributed by atoms with Crippen LogP contribution in [0.5, 0.6) is 0 Å². The molecule has 0 aromatic carbocycles. The van der Waals surface area contributed by atoms with E-state index in [0.717, 1.165) is 17.7 Å². The summed E-state index contributed by atoms with van der Waals surface area (Å²) in [5.74, 6) is 2.49. The van der Waals surface area contributed by atoms with Gasteiger partial charge < -0.3 is 0 Å². The van der Waals surface area contributed by atoms with Crippen LogP contribution in [0.2, 0.25) is 5.82 Å². The van der Waals surface area contributed by atoms with Gasteiger partial charge in [0.25, 0.3) is 0 Å². The van der Waals surface area contributed by atoms with Crippen LogP contribution in [-0.2, 0) is 0 Å². The Morgan fingerprint density at radius 1 is 1.00 bits per heavy atom. The Morgan fingerprint density at radius 2 is 1.43 bits per heavy atom. The summed E-state index contributed by atoms with van der Waals surface area (Å²) in [7, 11) is 2.37. The molecule has 1 heteroatoms. The third-order valence-electron chi connectivity index (χ3n) is 4.19. The SMILES string of the molecule is BC(C)C(C)C(CC)(CC)CC(C)C. The third-order valence-corrected chi connectivity index (χ3v) is 4.19. The number of rotatable bonds is 6. The molecule has 0 bridgehead atoms. The largest absolute Gasteiger partial charge is 0.105 e. The zero-order valence-electron chi connectivity index (χ0n) is 11.4. The van der Waals surface area contributed by atoms with Crippen molar-refractivity contribution in [1.29, 1.82) is 0 Å². The standard InChI is InChI=1S/C13H29B/c1-7-13(8-2,9-10(3)4)11(5)12(6)14/h10-12H,7-9,14H2,1-6H3. The van der Waals surface area contributed by atoms with E-state index in [9.17, 15) is 0 Å². The smallest absolute Gasteiger partial charge is 0.0695 e. The maximum Gasteiger partial charge on any atom is 0.105 e. The van der Waals surface area contributed by atoms with Gasteiger partial charge in [0.2, 0.25) is 0 Å². The van der Waals surface area contributed by atoms with Crippen molar-refractivity contribution < 1.29 is 0 Å².